The van der Waals surface area contributed by atoms with Crippen LogP contribution in [0.1, 0.15) is 24.1 Å². The Hall–Kier alpha value is -2.50. The van der Waals surface area contributed by atoms with E-state index in [4.69, 9.17) is 0 Å². The molecule has 5 nitrogen and oxygen atoms in total. The van der Waals surface area contributed by atoms with Crippen molar-refractivity contribution in [2.24, 2.45) is 0 Å². The second kappa shape index (κ2) is 5.64. The minimum absolute atomic E-state index is 0.0896. The van der Waals surface area contributed by atoms with Crippen LogP contribution in [0.25, 0.3) is 0 Å². The normalized spacial score (nSPS) is 11.9. The summed E-state index contributed by atoms with van der Waals surface area (Å²) in [7, 11) is 0. The molecule has 0 radical (unpaired) electrons. The van der Waals surface area contributed by atoms with Crippen molar-refractivity contribution in [1.29, 1.82) is 0 Å². The Balaban J connectivity index is 2.28. The summed E-state index contributed by atoms with van der Waals surface area (Å²) in [4.78, 5) is 14.6. The second-order valence-corrected chi connectivity index (χ2v) is 4.56. The molecule has 2 aromatic rings. The predicted molar refractivity (Wildman–Crippen MR) is 74.1 cm³/mol. The third kappa shape index (κ3) is 3.09. The fraction of sp³-hybridized carbons (Fsp3) is 0.214. The monoisotopic (exact) mass is 275 g/mol. The van der Waals surface area contributed by atoms with Gasteiger partial charge in [0.25, 0.3) is 0 Å². The van der Waals surface area contributed by atoms with E-state index in [1.54, 1.807) is 32.2 Å². The van der Waals surface area contributed by atoms with Gasteiger partial charge in [-0.2, -0.15) is 0 Å². The summed E-state index contributed by atoms with van der Waals surface area (Å²) < 4.78 is 13.2. The summed E-state index contributed by atoms with van der Waals surface area (Å²) in [5.41, 5.74) is 1.32. The first-order valence-corrected chi connectivity index (χ1v) is 6.10. The van der Waals surface area contributed by atoms with Crippen LogP contribution >= 0.6 is 0 Å². The van der Waals surface area contributed by atoms with E-state index in [2.05, 4.69) is 10.3 Å². The minimum Gasteiger partial charge on any atom is -0.358 e. The zero-order valence-electron chi connectivity index (χ0n) is 11.1. The molecule has 6 heteroatoms. The molecule has 0 aliphatic heterocycles. The first kappa shape index (κ1) is 13.9. The molecule has 0 fully saturated rings. The molecule has 0 aliphatic rings. The summed E-state index contributed by atoms with van der Waals surface area (Å²) in [6.45, 7) is 3.53. The van der Waals surface area contributed by atoms with Gasteiger partial charge in [-0.1, -0.05) is 12.1 Å². The van der Waals surface area contributed by atoms with E-state index in [1.165, 1.54) is 18.2 Å². The van der Waals surface area contributed by atoms with Gasteiger partial charge in [-0.05, 0) is 37.1 Å². The van der Waals surface area contributed by atoms with Gasteiger partial charge in [0.05, 0.1) is 11.0 Å². The first-order valence-electron chi connectivity index (χ1n) is 6.10. The number of nitrogens with zero attached hydrogens (tertiary/aromatic N) is 2. The molecular formula is C14H14FN3O2. The third-order valence-electron chi connectivity index (χ3n) is 2.90. The van der Waals surface area contributed by atoms with Crippen molar-refractivity contribution in [3.8, 4) is 0 Å². The number of rotatable bonds is 4. The maximum Gasteiger partial charge on any atom is 0.311 e. The summed E-state index contributed by atoms with van der Waals surface area (Å²) in [6.07, 6.45) is 1.55. The zero-order valence-corrected chi connectivity index (χ0v) is 11.1. The highest BCUT2D eigenvalue weighted by Crippen LogP contribution is 2.26. The van der Waals surface area contributed by atoms with Gasteiger partial charge in [0.15, 0.2) is 0 Å². The maximum absolute atomic E-state index is 13.2. The summed E-state index contributed by atoms with van der Waals surface area (Å²) in [6, 6.07) is 7.24. The fourth-order valence-corrected chi connectivity index (χ4v) is 1.87. The third-order valence-corrected chi connectivity index (χ3v) is 2.90. The van der Waals surface area contributed by atoms with Crippen molar-refractivity contribution in [3.63, 3.8) is 0 Å². The lowest BCUT2D eigenvalue weighted by Gasteiger charge is -2.15. The Morgan fingerprint density at radius 2 is 2.15 bits per heavy atom. The number of pyridine rings is 1. The van der Waals surface area contributed by atoms with E-state index in [1.807, 2.05) is 0 Å². The van der Waals surface area contributed by atoms with Crippen LogP contribution in [0.5, 0.6) is 0 Å². The van der Waals surface area contributed by atoms with Crippen molar-refractivity contribution in [3.05, 3.63) is 63.6 Å². The number of anilines is 1. The van der Waals surface area contributed by atoms with E-state index in [9.17, 15) is 14.5 Å². The number of hydrogen-bond acceptors (Lipinski definition) is 4. The lowest BCUT2D eigenvalue weighted by molar-refractivity contribution is -0.384. The molecule has 20 heavy (non-hydrogen) atoms. The summed E-state index contributed by atoms with van der Waals surface area (Å²) in [5, 5.41) is 14.0. The zero-order chi connectivity index (χ0) is 14.7. The SMILES string of the molecule is Cc1cnc(NC(C)c2cccc(F)c2)c([N+](=O)[O-])c1. The lowest BCUT2D eigenvalue weighted by Crippen LogP contribution is -2.10. The van der Waals surface area contributed by atoms with Crippen LogP contribution in [0, 0.1) is 22.9 Å². The number of benzene rings is 1. The van der Waals surface area contributed by atoms with Crippen molar-refractivity contribution >= 4 is 11.5 Å². The molecule has 0 bridgehead atoms. The van der Waals surface area contributed by atoms with Crippen LogP contribution in [0.3, 0.4) is 0 Å². The second-order valence-electron chi connectivity index (χ2n) is 4.56. The van der Waals surface area contributed by atoms with Crippen LogP contribution in [0.15, 0.2) is 36.5 Å². The van der Waals surface area contributed by atoms with Crippen LogP contribution in [0.4, 0.5) is 15.9 Å². The highest BCUT2D eigenvalue weighted by Gasteiger charge is 2.17. The highest BCUT2D eigenvalue weighted by atomic mass is 19.1. The molecule has 1 aromatic heterocycles. The van der Waals surface area contributed by atoms with Gasteiger partial charge in [-0.3, -0.25) is 10.1 Å². The smallest absolute Gasteiger partial charge is 0.311 e. The van der Waals surface area contributed by atoms with Crippen molar-refractivity contribution in [1.82, 2.24) is 4.98 Å². The molecule has 0 amide bonds. The van der Waals surface area contributed by atoms with Gasteiger partial charge >= 0.3 is 5.69 Å². The summed E-state index contributed by atoms with van der Waals surface area (Å²) in [5.74, 6) is -0.167. The largest absolute Gasteiger partial charge is 0.358 e. The van der Waals surface area contributed by atoms with Gasteiger partial charge in [-0.15, -0.1) is 0 Å². The van der Waals surface area contributed by atoms with Gasteiger partial charge in [0.1, 0.15) is 5.82 Å². The van der Waals surface area contributed by atoms with Crippen molar-refractivity contribution in [2.75, 3.05) is 5.32 Å². The number of nitro groups is 1. The Labute approximate surface area is 115 Å². The molecule has 1 atom stereocenters. The number of aromatic nitrogens is 1. The van der Waals surface area contributed by atoms with Crippen LogP contribution in [-0.2, 0) is 0 Å². The molecule has 0 saturated carbocycles. The average Bonchev–Trinajstić information content (AvgIpc) is 2.40. The lowest BCUT2D eigenvalue weighted by atomic mass is 10.1. The number of nitrogens with one attached hydrogen (secondary N) is 1. The molecule has 1 N–H and O–H groups in total. The van der Waals surface area contributed by atoms with Crippen LogP contribution in [-0.4, -0.2) is 9.91 Å². The Bertz CT molecular complexity index is 646. The van der Waals surface area contributed by atoms with Gasteiger partial charge < -0.3 is 5.32 Å². The maximum atomic E-state index is 13.2. The highest BCUT2D eigenvalue weighted by molar-refractivity contribution is 5.57. The molecule has 0 aliphatic carbocycles. The predicted octanol–water partition coefficient (Wildman–Crippen LogP) is 3.61. The molecule has 1 unspecified atom stereocenters. The van der Waals surface area contributed by atoms with Crippen LogP contribution < -0.4 is 5.32 Å². The van der Waals surface area contributed by atoms with Crippen LogP contribution in [0.2, 0.25) is 0 Å². The minimum atomic E-state index is -0.485. The van der Waals surface area contributed by atoms with E-state index >= 15 is 0 Å². The molecular weight excluding hydrogens is 261 g/mol. The van der Waals surface area contributed by atoms with E-state index in [0.717, 1.165) is 0 Å². The standard InChI is InChI=1S/C14H14FN3O2/c1-9-6-13(18(19)20)14(16-8-9)17-10(2)11-4-3-5-12(15)7-11/h3-8,10H,1-2H3,(H,16,17). The Morgan fingerprint density at radius 3 is 2.80 bits per heavy atom. The fourth-order valence-electron chi connectivity index (χ4n) is 1.87. The average molecular weight is 275 g/mol. The molecule has 1 heterocycles. The number of hydrogen-bond donors (Lipinski definition) is 1. The first-order chi connectivity index (χ1) is 9.47. The van der Waals surface area contributed by atoms with Crippen molar-refractivity contribution < 1.29 is 9.31 Å². The molecule has 104 valence electrons. The topological polar surface area (TPSA) is 68.1 Å². The summed E-state index contributed by atoms with van der Waals surface area (Å²) >= 11 is 0. The van der Waals surface area contributed by atoms with E-state index in [-0.39, 0.29) is 23.4 Å². The molecule has 0 spiro atoms. The number of aryl methyl sites for hydroxylation is 1. The molecule has 2 rings (SSSR count). The number of halogens is 1. The van der Waals surface area contributed by atoms with E-state index < -0.39 is 4.92 Å². The van der Waals surface area contributed by atoms with Crippen molar-refractivity contribution in [2.45, 2.75) is 19.9 Å². The van der Waals surface area contributed by atoms with Gasteiger partial charge in [0, 0.05) is 12.3 Å². The van der Waals surface area contributed by atoms with E-state index in [0.29, 0.717) is 11.1 Å². The Morgan fingerprint density at radius 1 is 1.40 bits per heavy atom. The molecule has 1 aromatic carbocycles. The Kier molecular flexibility index (Phi) is 3.93. The van der Waals surface area contributed by atoms with Gasteiger partial charge in [-0.25, -0.2) is 9.37 Å². The quantitative estimate of drug-likeness (QED) is 0.683. The molecule has 0 saturated heterocycles. The van der Waals surface area contributed by atoms with Gasteiger partial charge in [0.2, 0.25) is 5.82 Å².